The highest BCUT2D eigenvalue weighted by atomic mass is 32.2. The minimum atomic E-state index is -3.89. The molecule has 0 bridgehead atoms. The maximum atomic E-state index is 13.2. The molecule has 0 aliphatic heterocycles. The van der Waals surface area contributed by atoms with E-state index >= 15 is 0 Å². The molecule has 1 aromatic heterocycles. The Hall–Kier alpha value is -1.93. The lowest BCUT2D eigenvalue weighted by Crippen LogP contribution is -2.24. The van der Waals surface area contributed by atoms with Gasteiger partial charge in [-0.3, -0.25) is 0 Å². The van der Waals surface area contributed by atoms with Crippen LogP contribution in [0.2, 0.25) is 0 Å². The molecule has 0 unspecified atom stereocenters. The van der Waals surface area contributed by atoms with Crippen LogP contribution in [0, 0.1) is 5.82 Å². The predicted molar refractivity (Wildman–Crippen MR) is 61.3 cm³/mol. The number of halogens is 1. The Kier molecular flexibility index (Phi) is 3.30. The normalized spacial score (nSPS) is 11.6. The number of nitrogen functional groups attached to an aromatic ring is 1. The number of rotatable bonds is 4. The maximum Gasteiger partial charge on any atom is 0.243 e. The largest absolute Gasteiger partial charge is 0.395 e. The standard InChI is InChI=1S/C10H10FN3O3S/c11-8-2-1-3-9(10(8)12)18(15,16)14-6-7-4-5-13-17-7/h1-5,14H,6,12H2. The van der Waals surface area contributed by atoms with Crippen LogP contribution in [0.5, 0.6) is 0 Å². The zero-order valence-corrected chi connectivity index (χ0v) is 9.95. The van der Waals surface area contributed by atoms with Crippen molar-refractivity contribution in [1.29, 1.82) is 0 Å². The number of sulfonamides is 1. The van der Waals surface area contributed by atoms with Gasteiger partial charge in [0.1, 0.15) is 10.7 Å². The summed E-state index contributed by atoms with van der Waals surface area (Å²) >= 11 is 0. The van der Waals surface area contributed by atoms with Gasteiger partial charge in [0.15, 0.2) is 5.76 Å². The second kappa shape index (κ2) is 4.75. The molecule has 3 N–H and O–H groups in total. The smallest absolute Gasteiger partial charge is 0.243 e. The molecule has 0 saturated heterocycles. The third kappa shape index (κ3) is 2.49. The fourth-order valence-corrected chi connectivity index (χ4v) is 2.46. The minimum Gasteiger partial charge on any atom is -0.395 e. The van der Waals surface area contributed by atoms with E-state index < -0.39 is 21.5 Å². The molecule has 8 heteroatoms. The molecule has 6 nitrogen and oxygen atoms in total. The molecule has 96 valence electrons. The quantitative estimate of drug-likeness (QED) is 0.804. The van der Waals surface area contributed by atoms with Crippen molar-refractivity contribution in [1.82, 2.24) is 9.88 Å². The summed E-state index contributed by atoms with van der Waals surface area (Å²) in [6.45, 7) is -0.0850. The first-order valence-corrected chi connectivity index (χ1v) is 6.42. The van der Waals surface area contributed by atoms with E-state index in [9.17, 15) is 12.8 Å². The van der Waals surface area contributed by atoms with Crippen molar-refractivity contribution in [2.45, 2.75) is 11.4 Å². The number of anilines is 1. The number of para-hydroxylation sites is 1. The average Bonchev–Trinajstić information content (AvgIpc) is 2.83. The van der Waals surface area contributed by atoms with Gasteiger partial charge >= 0.3 is 0 Å². The summed E-state index contributed by atoms with van der Waals surface area (Å²) in [5, 5.41) is 3.43. The number of aromatic nitrogens is 1. The van der Waals surface area contributed by atoms with E-state index in [1.165, 1.54) is 24.4 Å². The number of benzene rings is 1. The van der Waals surface area contributed by atoms with E-state index in [-0.39, 0.29) is 11.4 Å². The number of nitrogens with one attached hydrogen (secondary N) is 1. The Bertz CT molecular complexity index is 640. The summed E-state index contributed by atoms with van der Waals surface area (Å²) < 4.78 is 43.9. The number of hydrogen-bond donors (Lipinski definition) is 2. The van der Waals surface area contributed by atoms with Crippen molar-refractivity contribution in [3.8, 4) is 0 Å². The van der Waals surface area contributed by atoms with E-state index in [0.717, 1.165) is 6.07 Å². The molecular weight excluding hydrogens is 261 g/mol. The lowest BCUT2D eigenvalue weighted by molar-refractivity contribution is 0.380. The summed E-state index contributed by atoms with van der Waals surface area (Å²) in [4.78, 5) is -0.304. The van der Waals surface area contributed by atoms with Crippen LogP contribution < -0.4 is 10.5 Å². The summed E-state index contributed by atoms with van der Waals surface area (Å²) in [5.74, 6) is -0.439. The molecule has 1 aromatic carbocycles. The fraction of sp³-hybridized carbons (Fsp3) is 0.100. The lowest BCUT2D eigenvalue weighted by Gasteiger charge is -2.08. The molecular formula is C10H10FN3O3S. The highest BCUT2D eigenvalue weighted by molar-refractivity contribution is 7.89. The van der Waals surface area contributed by atoms with Crippen LogP contribution in [0.3, 0.4) is 0 Å². The molecule has 0 radical (unpaired) electrons. The molecule has 0 aliphatic carbocycles. The topological polar surface area (TPSA) is 98.2 Å². The average molecular weight is 271 g/mol. The van der Waals surface area contributed by atoms with E-state index in [4.69, 9.17) is 10.3 Å². The molecule has 1 heterocycles. The van der Waals surface area contributed by atoms with E-state index in [0.29, 0.717) is 5.76 Å². The Morgan fingerprint density at radius 1 is 1.39 bits per heavy atom. The van der Waals surface area contributed by atoms with Crippen LogP contribution in [-0.4, -0.2) is 13.6 Å². The van der Waals surface area contributed by atoms with Crippen LogP contribution >= 0.6 is 0 Å². The van der Waals surface area contributed by atoms with Crippen LogP contribution in [0.1, 0.15) is 5.76 Å². The molecule has 0 atom stereocenters. The number of nitrogens with zero attached hydrogens (tertiary/aromatic N) is 1. The van der Waals surface area contributed by atoms with Gasteiger partial charge < -0.3 is 10.3 Å². The Balaban J connectivity index is 2.23. The van der Waals surface area contributed by atoms with Crippen LogP contribution in [0.4, 0.5) is 10.1 Å². The van der Waals surface area contributed by atoms with Gasteiger partial charge in [-0.25, -0.2) is 17.5 Å². The lowest BCUT2D eigenvalue weighted by atomic mass is 10.3. The first kappa shape index (κ1) is 12.5. The second-order valence-electron chi connectivity index (χ2n) is 3.45. The summed E-state index contributed by atoms with van der Waals surface area (Å²) in [6.07, 6.45) is 1.39. The monoisotopic (exact) mass is 271 g/mol. The Morgan fingerprint density at radius 2 is 2.17 bits per heavy atom. The molecule has 0 fully saturated rings. The first-order valence-electron chi connectivity index (χ1n) is 4.94. The van der Waals surface area contributed by atoms with E-state index in [2.05, 4.69) is 9.88 Å². The summed E-state index contributed by atoms with van der Waals surface area (Å²) in [7, 11) is -3.89. The molecule has 0 saturated carbocycles. The van der Waals surface area contributed by atoms with Crippen molar-refractivity contribution < 1.29 is 17.3 Å². The highest BCUT2D eigenvalue weighted by Gasteiger charge is 2.19. The molecule has 0 amide bonds. The van der Waals surface area contributed by atoms with Gasteiger partial charge in [-0.15, -0.1) is 0 Å². The molecule has 0 spiro atoms. The van der Waals surface area contributed by atoms with Crippen molar-refractivity contribution in [3.05, 3.63) is 42.0 Å². The summed E-state index contributed by atoms with van der Waals surface area (Å²) in [5.41, 5.74) is 4.97. The van der Waals surface area contributed by atoms with Gasteiger partial charge in [0, 0.05) is 6.07 Å². The van der Waals surface area contributed by atoms with Gasteiger partial charge in [0.2, 0.25) is 10.0 Å². The van der Waals surface area contributed by atoms with Crippen LogP contribution in [0.15, 0.2) is 39.9 Å². The van der Waals surface area contributed by atoms with Crippen molar-refractivity contribution in [2.75, 3.05) is 5.73 Å². The number of nitrogens with two attached hydrogens (primary N) is 1. The zero-order chi connectivity index (χ0) is 13.2. The van der Waals surface area contributed by atoms with E-state index in [1.54, 1.807) is 0 Å². The molecule has 18 heavy (non-hydrogen) atoms. The van der Waals surface area contributed by atoms with Crippen molar-refractivity contribution >= 4 is 15.7 Å². The fourth-order valence-electron chi connectivity index (χ4n) is 1.33. The predicted octanol–water partition coefficient (Wildman–Crippen LogP) is 0.874. The summed E-state index contributed by atoms with van der Waals surface area (Å²) in [6, 6.07) is 5.10. The maximum absolute atomic E-state index is 13.2. The van der Waals surface area contributed by atoms with Gasteiger partial charge in [0.05, 0.1) is 18.4 Å². The van der Waals surface area contributed by atoms with Crippen molar-refractivity contribution in [3.63, 3.8) is 0 Å². The molecule has 2 aromatic rings. The van der Waals surface area contributed by atoms with E-state index in [1.807, 2.05) is 0 Å². The number of hydrogen-bond acceptors (Lipinski definition) is 5. The second-order valence-corrected chi connectivity index (χ2v) is 5.19. The minimum absolute atomic E-state index is 0.0850. The van der Waals surface area contributed by atoms with Crippen LogP contribution in [-0.2, 0) is 16.6 Å². The Morgan fingerprint density at radius 3 is 2.83 bits per heavy atom. The van der Waals surface area contributed by atoms with Gasteiger partial charge in [0.25, 0.3) is 0 Å². The third-order valence-corrected chi connectivity index (χ3v) is 3.69. The van der Waals surface area contributed by atoms with Crippen LogP contribution in [0.25, 0.3) is 0 Å². The first-order chi connectivity index (χ1) is 8.50. The highest BCUT2D eigenvalue weighted by Crippen LogP contribution is 2.20. The SMILES string of the molecule is Nc1c(F)cccc1S(=O)(=O)NCc1ccno1. The molecule has 2 rings (SSSR count). The van der Waals surface area contributed by atoms with Gasteiger partial charge in [-0.1, -0.05) is 11.2 Å². The zero-order valence-electron chi connectivity index (χ0n) is 9.13. The molecule has 0 aliphatic rings. The van der Waals surface area contributed by atoms with Gasteiger partial charge in [-0.2, -0.15) is 0 Å². The van der Waals surface area contributed by atoms with Crippen molar-refractivity contribution in [2.24, 2.45) is 0 Å². The Labute approximate surface area is 103 Å². The van der Waals surface area contributed by atoms with Gasteiger partial charge in [-0.05, 0) is 12.1 Å². The third-order valence-electron chi connectivity index (χ3n) is 2.23.